The maximum absolute atomic E-state index is 13.8. The smallest absolute Gasteiger partial charge is 0.348 e. The Morgan fingerprint density at radius 2 is 1.86 bits per heavy atom. The Hall–Kier alpha value is -3.12. The Bertz CT molecular complexity index is 989. The molecule has 1 heterocycles. The monoisotopic (exact) mass is 399 g/mol. The SMILES string of the molecule is CC[NH+]1C=CC2=C(C#N)[C@@H]([NH3+])C(C#N)(C#N)[C@H](c3ccccc3C(F)(F)F)[C@H]2C1. The van der Waals surface area contributed by atoms with E-state index < -0.39 is 35.0 Å². The van der Waals surface area contributed by atoms with Gasteiger partial charge in [-0.05, 0) is 30.2 Å². The van der Waals surface area contributed by atoms with Crippen LogP contribution in [0.15, 0.2) is 47.7 Å². The number of nitrogens with zero attached hydrogens (tertiary/aromatic N) is 3. The Morgan fingerprint density at radius 3 is 2.41 bits per heavy atom. The van der Waals surface area contributed by atoms with Crippen molar-refractivity contribution in [3.8, 4) is 18.2 Å². The van der Waals surface area contributed by atoms with E-state index in [0.717, 1.165) is 11.0 Å². The van der Waals surface area contributed by atoms with Crippen molar-refractivity contribution < 1.29 is 23.8 Å². The van der Waals surface area contributed by atoms with Gasteiger partial charge >= 0.3 is 6.18 Å². The van der Waals surface area contributed by atoms with Gasteiger partial charge in [0.15, 0.2) is 6.04 Å². The maximum Gasteiger partial charge on any atom is 0.416 e. The van der Waals surface area contributed by atoms with Gasteiger partial charge in [0.2, 0.25) is 5.41 Å². The number of quaternary nitrogens is 2. The lowest BCUT2D eigenvalue weighted by molar-refractivity contribution is -0.850. The highest BCUT2D eigenvalue weighted by atomic mass is 19.4. The van der Waals surface area contributed by atoms with Gasteiger partial charge in [-0.1, -0.05) is 18.2 Å². The van der Waals surface area contributed by atoms with E-state index in [2.05, 4.69) is 11.8 Å². The van der Waals surface area contributed by atoms with Crippen LogP contribution in [0.25, 0.3) is 0 Å². The molecule has 0 fully saturated rings. The van der Waals surface area contributed by atoms with Gasteiger partial charge in [-0.25, -0.2) is 0 Å². The third kappa shape index (κ3) is 3.09. The second kappa shape index (κ2) is 7.37. The highest BCUT2D eigenvalue weighted by Crippen LogP contribution is 2.53. The molecule has 29 heavy (non-hydrogen) atoms. The molecule has 1 aromatic rings. The second-order valence-corrected chi connectivity index (χ2v) is 7.34. The van der Waals surface area contributed by atoms with Gasteiger partial charge in [-0.2, -0.15) is 29.0 Å². The number of nitriles is 3. The molecule has 0 spiro atoms. The average molecular weight is 399 g/mol. The average Bonchev–Trinajstić information content (AvgIpc) is 2.72. The summed E-state index contributed by atoms with van der Waals surface area (Å²) in [5, 5.41) is 29.7. The first-order chi connectivity index (χ1) is 13.7. The minimum absolute atomic E-state index is 0.0954. The highest BCUT2D eigenvalue weighted by molar-refractivity contribution is 5.53. The quantitative estimate of drug-likeness (QED) is 0.784. The fourth-order valence-electron chi connectivity index (χ4n) is 4.55. The molecule has 0 radical (unpaired) electrons. The van der Waals surface area contributed by atoms with Gasteiger partial charge < -0.3 is 10.6 Å². The van der Waals surface area contributed by atoms with Gasteiger partial charge in [0, 0.05) is 11.8 Å². The van der Waals surface area contributed by atoms with Crippen LogP contribution in [0.3, 0.4) is 0 Å². The predicted octanol–water partition coefficient (Wildman–Crippen LogP) is 1.32. The summed E-state index contributed by atoms with van der Waals surface area (Å²) in [6, 6.07) is 10.0. The molecular weight excluding hydrogens is 379 g/mol. The first-order valence-electron chi connectivity index (χ1n) is 9.23. The van der Waals surface area contributed by atoms with E-state index in [1.807, 2.05) is 25.3 Å². The minimum atomic E-state index is -4.63. The summed E-state index contributed by atoms with van der Waals surface area (Å²) in [5.41, 5.74) is 1.83. The van der Waals surface area contributed by atoms with Crippen LogP contribution in [0.1, 0.15) is 24.0 Å². The molecule has 1 aromatic carbocycles. The lowest BCUT2D eigenvalue weighted by Crippen LogP contribution is -3.08. The zero-order valence-electron chi connectivity index (χ0n) is 15.8. The molecule has 1 aliphatic carbocycles. The molecule has 0 bridgehead atoms. The Morgan fingerprint density at radius 1 is 1.21 bits per heavy atom. The summed E-state index contributed by atoms with van der Waals surface area (Å²) < 4.78 is 41.4. The number of nitrogens with one attached hydrogen (secondary N) is 1. The molecule has 0 saturated heterocycles. The molecule has 1 aliphatic heterocycles. The Labute approximate surface area is 166 Å². The van der Waals surface area contributed by atoms with Crippen molar-refractivity contribution in [3.05, 3.63) is 58.8 Å². The van der Waals surface area contributed by atoms with Crippen molar-refractivity contribution in [1.82, 2.24) is 0 Å². The van der Waals surface area contributed by atoms with E-state index in [4.69, 9.17) is 0 Å². The molecule has 2 aliphatic rings. The summed E-state index contributed by atoms with van der Waals surface area (Å²) in [5.74, 6) is -1.64. The first-order valence-corrected chi connectivity index (χ1v) is 9.23. The third-order valence-corrected chi connectivity index (χ3v) is 6.03. The predicted molar refractivity (Wildman–Crippen MR) is 96.2 cm³/mol. The zero-order valence-corrected chi connectivity index (χ0v) is 15.8. The lowest BCUT2D eigenvalue weighted by atomic mass is 9.55. The summed E-state index contributed by atoms with van der Waals surface area (Å²) in [4.78, 5) is 0.998. The molecule has 0 aromatic heterocycles. The summed E-state index contributed by atoms with van der Waals surface area (Å²) in [6.07, 6.45) is -1.02. The molecular formula is C21H20F3N5+2. The summed E-state index contributed by atoms with van der Waals surface area (Å²) in [7, 11) is 0. The lowest BCUT2D eigenvalue weighted by Gasteiger charge is -2.44. The number of fused-ring (bicyclic) bond motifs is 1. The van der Waals surface area contributed by atoms with E-state index in [1.165, 1.54) is 18.2 Å². The van der Waals surface area contributed by atoms with Crippen molar-refractivity contribution in [1.29, 1.82) is 15.8 Å². The number of alkyl halides is 3. The third-order valence-electron chi connectivity index (χ3n) is 6.03. The van der Waals surface area contributed by atoms with E-state index in [-0.39, 0.29) is 11.1 Å². The Kier molecular flexibility index (Phi) is 5.24. The molecule has 4 atom stereocenters. The molecule has 148 valence electrons. The number of hydrogen-bond acceptors (Lipinski definition) is 3. The van der Waals surface area contributed by atoms with Crippen molar-refractivity contribution in [3.63, 3.8) is 0 Å². The Balaban J connectivity index is 2.37. The largest absolute Gasteiger partial charge is 0.416 e. The van der Waals surface area contributed by atoms with Crippen LogP contribution in [-0.2, 0) is 6.18 Å². The van der Waals surface area contributed by atoms with Crippen LogP contribution in [-0.4, -0.2) is 19.1 Å². The van der Waals surface area contributed by atoms with Crippen molar-refractivity contribution in [2.24, 2.45) is 11.3 Å². The normalized spacial score (nSPS) is 28.1. The topological polar surface area (TPSA) is 103 Å². The van der Waals surface area contributed by atoms with Crippen LogP contribution in [0.2, 0.25) is 0 Å². The van der Waals surface area contributed by atoms with Crippen LogP contribution in [0.4, 0.5) is 13.2 Å². The van der Waals surface area contributed by atoms with Crippen LogP contribution in [0, 0.1) is 45.3 Å². The van der Waals surface area contributed by atoms with E-state index in [9.17, 15) is 29.0 Å². The fourth-order valence-corrected chi connectivity index (χ4v) is 4.55. The van der Waals surface area contributed by atoms with Crippen molar-refractivity contribution in [2.45, 2.75) is 25.1 Å². The van der Waals surface area contributed by atoms with Crippen LogP contribution < -0.4 is 10.6 Å². The molecule has 1 unspecified atom stereocenters. The number of rotatable bonds is 2. The number of halogens is 3. The molecule has 0 saturated carbocycles. The van der Waals surface area contributed by atoms with Gasteiger partial charge in [0.25, 0.3) is 0 Å². The molecule has 3 rings (SSSR count). The van der Waals surface area contributed by atoms with Gasteiger partial charge in [-0.15, -0.1) is 0 Å². The van der Waals surface area contributed by atoms with Crippen molar-refractivity contribution in [2.75, 3.05) is 13.1 Å². The van der Waals surface area contributed by atoms with Crippen molar-refractivity contribution >= 4 is 0 Å². The van der Waals surface area contributed by atoms with Crippen LogP contribution in [0.5, 0.6) is 0 Å². The molecule has 5 nitrogen and oxygen atoms in total. The fraction of sp³-hybridized carbons (Fsp3) is 0.381. The van der Waals surface area contributed by atoms with E-state index >= 15 is 0 Å². The number of allylic oxidation sites excluding steroid dienone is 1. The highest BCUT2D eigenvalue weighted by Gasteiger charge is 2.60. The number of benzene rings is 1. The molecule has 0 amide bonds. The summed E-state index contributed by atoms with van der Waals surface area (Å²) >= 11 is 0. The van der Waals surface area contributed by atoms with Gasteiger partial charge in [0.1, 0.15) is 6.07 Å². The molecule has 4 N–H and O–H groups in total. The summed E-state index contributed by atoms with van der Waals surface area (Å²) in [6.45, 7) is 3.02. The minimum Gasteiger partial charge on any atom is -0.348 e. The maximum atomic E-state index is 13.8. The van der Waals surface area contributed by atoms with Gasteiger partial charge in [0.05, 0.1) is 42.6 Å². The number of hydrogen-bond donors (Lipinski definition) is 2. The van der Waals surface area contributed by atoms with Crippen LogP contribution >= 0.6 is 0 Å². The zero-order chi connectivity index (χ0) is 21.4. The molecule has 8 heteroatoms. The van der Waals surface area contributed by atoms with E-state index in [1.54, 1.807) is 6.08 Å². The van der Waals surface area contributed by atoms with E-state index in [0.29, 0.717) is 18.7 Å². The standard InChI is InChI=1S/C21H18F3N5/c1-2-29-8-7-13-15(9-25)19(28)20(11-26,12-27)18(16(13)10-29)14-5-3-4-6-17(14)21(22,23)24/h3-8,16,18-19H,2,10,28H2,1H3/p+2/t16-,18+,19+/m0/s1. The second-order valence-electron chi connectivity index (χ2n) is 7.34. The van der Waals surface area contributed by atoms with Gasteiger partial charge in [-0.3, -0.25) is 0 Å². The first kappa shape index (κ1) is 20.6.